The Morgan fingerprint density at radius 2 is 1.24 bits per heavy atom. The van der Waals surface area contributed by atoms with E-state index < -0.39 is 0 Å². The molecule has 3 aromatic rings. The van der Waals surface area contributed by atoms with Gasteiger partial charge in [0.1, 0.15) is 0 Å². The minimum atomic E-state index is 0.586. The van der Waals surface area contributed by atoms with Crippen molar-refractivity contribution in [2.24, 2.45) is 5.92 Å². The van der Waals surface area contributed by atoms with Gasteiger partial charge in [0.25, 0.3) is 0 Å². The van der Waals surface area contributed by atoms with E-state index in [-0.39, 0.29) is 0 Å². The van der Waals surface area contributed by atoms with E-state index in [1.54, 1.807) is 0 Å². The zero-order chi connectivity index (χ0) is 16.9. The van der Waals surface area contributed by atoms with Gasteiger partial charge in [-0.3, -0.25) is 0 Å². The number of hydrogen-bond acceptors (Lipinski definition) is 1. The Balaban J connectivity index is 1.42. The summed E-state index contributed by atoms with van der Waals surface area (Å²) in [5.74, 6) is 0.733. The van der Waals surface area contributed by atoms with Crippen molar-refractivity contribution in [3.8, 4) is 11.1 Å². The van der Waals surface area contributed by atoms with Crippen LogP contribution >= 0.6 is 0 Å². The van der Waals surface area contributed by atoms with Crippen molar-refractivity contribution < 1.29 is 0 Å². The summed E-state index contributed by atoms with van der Waals surface area (Å²) in [5, 5.41) is 3.72. The summed E-state index contributed by atoms with van der Waals surface area (Å²) in [7, 11) is 0. The maximum absolute atomic E-state index is 3.72. The van der Waals surface area contributed by atoms with E-state index in [0.29, 0.717) is 6.04 Å². The lowest BCUT2D eigenvalue weighted by molar-refractivity contribution is 0.442. The van der Waals surface area contributed by atoms with Crippen LogP contribution in [-0.2, 0) is 12.8 Å². The summed E-state index contributed by atoms with van der Waals surface area (Å²) >= 11 is 0. The van der Waals surface area contributed by atoms with Crippen LogP contribution in [0, 0.1) is 5.92 Å². The third-order valence-electron chi connectivity index (χ3n) is 5.35. The SMILES string of the molecule is c1ccc(CC2CCNC2Cc2ccc(-c3ccccc3)cc2)cc1. The maximum Gasteiger partial charge on any atom is 0.0139 e. The Morgan fingerprint density at radius 1 is 0.640 bits per heavy atom. The second-order valence-electron chi connectivity index (χ2n) is 7.07. The summed E-state index contributed by atoms with van der Waals surface area (Å²) in [6.45, 7) is 1.14. The minimum Gasteiger partial charge on any atom is -0.313 e. The standard InChI is InChI=1S/C24H25N/c1-3-7-19(8-4-1)17-23-15-16-25-24(23)18-20-11-13-22(14-12-20)21-9-5-2-6-10-21/h1-14,23-25H,15-18H2. The first kappa shape index (κ1) is 16.1. The molecule has 0 bridgehead atoms. The first-order valence-corrected chi connectivity index (χ1v) is 9.30. The number of benzene rings is 3. The fraction of sp³-hybridized carbons (Fsp3) is 0.250. The van der Waals surface area contributed by atoms with Gasteiger partial charge in [-0.1, -0.05) is 84.9 Å². The average molecular weight is 327 g/mol. The van der Waals surface area contributed by atoms with Crippen molar-refractivity contribution in [2.75, 3.05) is 6.54 Å². The molecule has 1 aliphatic heterocycles. The Labute approximate surface area is 150 Å². The Bertz CT molecular complexity index is 777. The molecule has 0 aromatic heterocycles. The first-order chi connectivity index (χ1) is 12.4. The first-order valence-electron chi connectivity index (χ1n) is 9.30. The van der Waals surface area contributed by atoms with Gasteiger partial charge in [-0.15, -0.1) is 0 Å². The van der Waals surface area contributed by atoms with E-state index in [4.69, 9.17) is 0 Å². The second-order valence-corrected chi connectivity index (χ2v) is 7.07. The van der Waals surface area contributed by atoms with Crippen molar-refractivity contribution in [3.63, 3.8) is 0 Å². The van der Waals surface area contributed by atoms with Gasteiger partial charge >= 0.3 is 0 Å². The zero-order valence-corrected chi connectivity index (χ0v) is 14.6. The Kier molecular flexibility index (Phi) is 4.94. The van der Waals surface area contributed by atoms with Gasteiger partial charge in [0, 0.05) is 6.04 Å². The largest absolute Gasteiger partial charge is 0.313 e. The highest BCUT2D eigenvalue weighted by Gasteiger charge is 2.26. The van der Waals surface area contributed by atoms with E-state index in [2.05, 4.69) is 90.2 Å². The lowest BCUT2D eigenvalue weighted by Crippen LogP contribution is -2.30. The molecule has 0 aliphatic carbocycles. The monoisotopic (exact) mass is 327 g/mol. The molecule has 0 amide bonds. The molecule has 2 unspecified atom stereocenters. The van der Waals surface area contributed by atoms with Gasteiger partial charge in [-0.05, 0) is 54.0 Å². The molecule has 3 aromatic carbocycles. The molecular weight excluding hydrogens is 302 g/mol. The third kappa shape index (κ3) is 4.00. The van der Waals surface area contributed by atoms with Crippen molar-refractivity contribution in [1.29, 1.82) is 0 Å². The van der Waals surface area contributed by atoms with Gasteiger partial charge in [0.05, 0.1) is 0 Å². The van der Waals surface area contributed by atoms with Crippen molar-refractivity contribution in [2.45, 2.75) is 25.3 Å². The molecule has 126 valence electrons. The molecule has 1 aliphatic rings. The Hall–Kier alpha value is -2.38. The molecule has 25 heavy (non-hydrogen) atoms. The van der Waals surface area contributed by atoms with Crippen LogP contribution in [-0.4, -0.2) is 12.6 Å². The van der Waals surface area contributed by atoms with Crippen LogP contribution < -0.4 is 5.32 Å². The lowest BCUT2D eigenvalue weighted by Gasteiger charge is -2.20. The fourth-order valence-electron chi connectivity index (χ4n) is 3.94. The summed E-state index contributed by atoms with van der Waals surface area (Å²) in [6.07, 6.45) is 3.58. The molecule has 1 nitrogen and oxygen atoms in total. The van der Waals surface area contributed by atoms with Crippen molar-refractivity contribution >= 4 is 0 Å². The smallest absolute Gasteiger partial charge is 0.0139 e. The van der Waals surface area contributed by atoms with E-state index in [1.165, 1.54) is 35.1 Å². The van der Waals surface area contributed by atoms with Crippen molar-refractivity contribution in [1.82, 2.24) is 5.32 Å². The van der Waals surface area contributed by atoms with Gasteiger partial charge in [-0.2, -0.15) is 0 Å². The quantitative estimate of drug-likeness (QED) is 0.686. The van der Waals surface area contributed by atoms with Gasteiger partial charge < -0.3 is 5.32 Å². The van der Waals surface area contributed by atoms with E-state index in [1.807, 2.05) is 0 Å². The molecule has 1 heterocycles. The van der Waals surface area contributed by atoms with E-state index in [9.17, 15) is 0 Å². The predicted octanol–water partition coefficient (Wildman–Crippen LogP) is 5.12. The highest BCUT2D eigenvalue weighted by molar-refractivity contribution is 5.63. The molecule has 0 radical (unpaired) electrons. The van der Waals surface area contributed by atoms with Crippen molar-refractivity contribution in [3.05, 3.63) is 96.1 Å². The lowest BCUT2D eigenvalue weighted by atomic mass is 9.89. The molecule has 1 N–H and O–H groups in total. The second kappa shape index (κ2) is 7.67. The molecular formula is C24H25N. The summed E-state index contributed by atoms with van der Waals surface area (Å²) < 4.78 is 0. The van der Waals surface area contributed by atoms with Crippen LogP contribution in [0.5, 0.6) is 0 Å². The number of rotatable bonds is 5. The predicted molar refractivity (Wildman–Crippen MR) is 106 cm³/mol. The molecule has 1 saturated heterocycles. The van der Waals surface area contributed by atoms with Crippen LogP contribution in [0.4, 0.5) is 0 Å². The molecule has 1 heteroatoms. The summed E-state index contributed by atoms with van der Waals surface area (Å²) in [5.41, 5.74) is 5.47. The highest BCUT2D eigenvalue weighted by atomic mass is 14.9. The summed E-state index contributed by atoms with van der Waals surface area (Å²) in [4.78, 5) is 0. The van der Waals surface area contributed by atoms with Crippen LogP contribution in [0.2, 0.25) is 0 Å². The minimum absolute atomic E-state index is 0.586. The topological polar surface area (TPSA) is 12.0 Å². The van der Waals surface area contributed by atoms with Gasteiger partial charge in [0.15, 0.2) is 0 Å². The zero-order valence-electron chi connectivity index (χ0n) is 14.6. The van der Waals surface area contributed by atoms with Crippen LogP contribution in [0.3, 0.4) is 0 Å². The molecule has 4 rings (SSSR count). The van der Waals surface area contributed by atoms with Crippen LogP contribution in [0.15, 0.2) is 84.9 Å². The fourth-order valence-corrected chi connectivity index (χ4v) is 3.94. The number of hydrogen-bond donors (Lipinski definition) is 1. The normalized spacial score (nSPS) is 19.8. The van der Waals surface area contributed by atoms with Gasteiger partial charge in [-0.25, -0.2) is 0 Å². The number of nitrogens with one attached hydrogen (secondary N) is 1. The van der Waals surface area contributed by atoms with Crippen LogP contribution in [0.1, 0.15) is 17.5 Å². The van der Waals surface area contributed by atoms with Crippen LogP contribution in [0.25, 0.3) is 11.1 Å². The van der Waals surface area contributed by atoms with E-state index in [0.717, 1.165) is 18.9 Å². The molecule has 0 spiro atoms. The van der Waals surface area contributed by atoms with E-state index >= 15 is 0 Å². The Morgan fingerprint density at radius 3 is 1.96 bits per heavy atom. The highest BCUT2D eigenvalue weighted by Crippen LogP contribution is 2.25. The summed E-state index contributed by atoms with van der Waals surface area (Å²) in [6, 6.07) is 31.2. The average Bonchev–Trinajstić information content (AvgIpc) is 3.10. The third-order valence-corrected chi connectivity index (χ3v) is 5.35. The maximum atomic E-state index is 3.72. The van der Waals surface area contributed by atoms with Gasteiger partial charge in [0.2, 0.25) is 0 Å². The molecule has 1 fully saturated rings. The molecule has 2 atom stereocenters. The molecule has 0 saturated carbocycles.